The molecule has 0 bridgehead atoms. The normalized spacial score (nSPS) is 22.1. The quantitative estimate of drug-likeness (QED) is 0.583. The van der Waals surface area contributed by atoms with Gasteiger partial charge in [-0.1, -0.05) is 38.1 Å². The molecule has 2 radical (unpaired) electrons. The van der Waals surface area contributed by atoms with E-state index < -0.39 is 5.50 Å². The smallest absolute Gasteiger partial charge is 0.137 e. The monoisotopic (exact) mass is 200 g/mol. The lowest BCUT2D eigenvalue weighted by Gasteiger charge is -2.28. The molecule has 15 heavy (non-hydrogen) atoms. The van der Waals surface area contributed by atoms with Crippen LogP contribution in [0.1, 0.15) is 31.9 Å². The van der Waals surface area contributed by atoms with E-state index in [4.69, 9.17) is 12.6 Å². The summed E-state index contributed by atoms with van der Waals surface area (Å²) in [5.41, 5.74) is 1.61. The van der Waals surface area contributed by atoms with Gasteiger partial charge in [0.2, 0.25) is 0 Å². The standard InChI is InChI=1S/C11H11BO.C2H6/c1-8-3-4-9-5-6-11(2,12)13-10(9)7-8;1-2/h3-7H,1-2H3;1-2H3. The van der Waals surface area contributed by atoms with Gasteiger partial charge < -0.3 is 4.74 Å². The Morgan fingerprint density at radius 3 is 2.60 bits per heavy atom. The van der Waals surface area contributed by atoms with Crippen LogP contribution in [0.4, 0.5) is 0 Å². The van der Waals surface area contributed by atoms with Crippen molar-refractivity contribution < 1.29 is 4.74 Å². The highest BCUT2D eigenvalue weighted by Gasteiger charge is 2.20. The topological polar surface area (TPSA) is 9.23 Å². The fourth-order valence-corrected chi connectivity index (χ4v) is 1.39. The van der Waals surface area contributed by atoms with E-state index in [9.17, 15) is 0 Å². The average Bonchev–Trinajstić information content (AvgIpc) is 2.19. The van der Waals surface area contributed by atoms with Crippen molar-refractivity contribution >= 4 is 13.9 Å². The third kappa shape index (κ3) is 2.88. The molecule has 78 valence electrons. The van der Waals surface area contributed by atoms with Gasteiger partial charge in [0.15, 0.2) is 0 Å². The van der Waals surface area contributed by atoms with Gasteiger partial charge >= 0.3 is 0 Å². The van der Waals surface area contributed by atoms with Crippen LogP contribution in [0.5, 0.6) is 5.75 Å². The molecule has 0 N–H and O–H groups in total. The number of rotatable bonds is 0. The Kier molecular flexibility index (Phi) is 3.62. The Labute approximate surface area is 93.6 Å². The van der Waals surface area contributed by atoms with Crippen molar-refractivity contribution in [1.82, 2.24) is 0 Å². The van der Waals surface area contributed by atoms with Crippen molar-refractivity contribution in [2.45, 2.75) is 33.2 Å². The molecule has 1 unspecified atom stereocenters. The van der Waals surface area contributed by atoms with E-state index in [0.29, 0.717) is 0 Å². The molecule has 1 aliphatic heterocycles. The summed E-state index contributed by atoms with van der Waals surface area (Å²) in [4.78, 5) is 0. The zero-order chi connectivity index (χ0) is 11.5. The van der Waals surface area contributed by atoms with Crippen LogP contribution in [0.25, 0.3) is 6.08 Å². The summed E-state index contributed by atoms with van der Waals surface area (Å²) in [6.07, 6.45) is 3.86. The molecule has 0 fully saturated rings. The molecule has 0 saturated carbocycles. The van der Waals surface area contributed by atoms with Crippen molar-refractivity contribution in [3.05, 3.63) is 35.4 Å². The third-order valence-electron chi connectivity index (χ3n) is 2.09. The molecule has 0 aliphatic carbocycles. The van der Waals surface area contributed by atoms with Gasteiger partial charge in [-0.25, -0.2) is 0 Å². The van der Waals surface area contributed by atoms with Crippen LogP contribution < -0.4 is 4.74 Å². The maximum absolute atomic E-state index is 5.83. The number of benzene rings is 1. The molecule has 1 atom stereocenters. The molecule has 1 heterocycles. The zero-order valence-electron chi connectivity index (χ0n) is 9.87. The molecule has 2 heteroatoms. The van der Waals surface area contributed by atoms with E-state index >= 15 is 0 Å². The van der Waals surface area contributed by atoms with E-state index in [-0.39, 0.29) is 0 Å². The summed E-state index contributed by atoms with van der Waals surface area (Å²) in [5, 5.41) is 0. The second kappa shape index (κ2) is 4.56. The lowest BCUT2D eigenvalue weighted by atomic mass is 9.81. The maximum atomic E-state index is 5.83. The van der Waals surface area contributed by atoms with Crippen LogP contribution in [-0.4, -0.2) is 13.3 Å². The molecule has 1 aliphatic rings. The van der Waals surface area contributed by atoms with Crippen LogP contribution in [0.2, 0.25) is 0 Å². The van der Waals surface area contributed by atoms with Gasteiger partial charge in [0.05, 0.1) is 5.50 Å². The van der Waals surface area contributed by atoms with Gasteiger partial charge in [-0.05, 0) is 25.5 Å². The van der Waals surface area contributed by atoms with Gasteiger partial charge in [0.25, 0.3) is 0 Å². The summed E-state index contributed by atoms with van der Waals surface area (Å²) in [7, 11) is 5.83. The minimum absolute atomic E-state index is 0.666. The van der Waals surface area contributed by atoms with Crippen LogP contribution in [0.15, 0.2) is 24.3 Å². The maximum Gasteiger partial charge on any atom is 0.137 e. The summed E-state index contributed by atoms with van der Waals surface area (Å²) in [6.45, 7) is 7.88. The van der Waals surface area contributed by atoms with Gasteiger partial charge in [-0.3, -0.25) is 0 Å². The molecule has 0 aromatic heterocycles. The highest BCUT2D eigenvalue weighted by atomic mass is 16.5. The van der Waals surface area contributed by atoms with E-state index in [1.165, 1.54) is 5.56 Å². The van der Waals surface area contributed by atoms with Crippen molar-refractivity contribution in [2.24, 2.45) is 0 Å². The highest BCUT2D eigenvalue weighted by molar-refractivity contribution is 6.16. The summed E-state index contributed by atoms with van der Waals surface area (Å²) in [6, 6.07) is 6.10. The van der Waals surface area contributed by atoms with Crippen LogP contribution in [0.3, 0.4) is 0 Å². The van der Waals surface area contributed by atoms with E-state index in [0.717, 1.165) is 11.3 Å². The van der Waals surface area contributed by atoms with Crippen molar-refractivity contribution in [3.8, 4) is 5.75 Å². The van der Waals surface area contributed by atoms with Gasteiger partial charge in [-0.2, -0.15) is 0 Å². The van der Waals surface area contributed by atoms with Gasteiger partial charge in [0, 0.05) is 5.56 Å². The van der Waals surface area contributed by atoms with Crippen LogP contribution in [0, 0.1) is 6.92 Å². The number of ether oxygens (including phenoxy) is 1. The molecular formula is C13H17BO. The molecule has 1 aromatic rings. The highest BCUT2D eigenvalue weighted by Crippen LogP contribution is 2.29. The van der Waals surface area contributed by atoms with Gasteiger partial charge in [0.1, 0.15) is 13.6 Å². The minimum Gasteiger partial charge on any atom is -0.493 e. The number of hydrogen-bond acceptors (Lipinski definition) is 1. The Morgan fingerprint density at radius 1 is 1.27 bits per heavy atom. The largest absolute Gasteiger partial charge is 0.493 e. The first-order valence-electron chi connectivity index (χ1n) is 5.35. The fourth-order valence-electron chi connectivity index (χ4n) is 1.39. The lowest BCUT2D eigenvalue weighted by Crippen LogP contribution is -2.31. The fraction of sp³-hybridized carbons (Fsp3) is 0.385. The molecule has 0 spiro atoms. The first-order valence-corrected chi connectivity index (χ1v) is 5.35. The summed E-state index contributed by atoms with van der Waals surface area (Å²) in [5.74, 6) is 0.868. The Balaban J connectivity index is 0.000000531. The lowest BCUT2D eigenvalue weighted by molar-refractivity contribution is 0.224. The summed E-state index contributed by atoms with van der Waals surface area (Å²) < 4.78 is 5.59. The molecule has 0 amide bonds. The Bertz CT molecular complexity index is 367. The molecule has 0 saturated heterocycles. The molecule has 1 nitrogen and oxygen atoms in total. The number of fused-ring (bicyclic) bond motifs is 1. The van der Waals surface area contributed by atoms with Crippen molar-refractivity contribution in [1.29, 1.82) is 0 Å². The van der Waals surface area contributed by atoms with E-state index in [2.05, 4.69) is 6.07 Å². The SMILES string of the molecule is CC.[B]C1(C)C=Cc2ccc(C)cc2O1. The van der Waals surface area contributed by atoms with Crippen molar-refractivity contribution in [3.63, 3.8) is 0 Å². The first-order chi connectivity index (χ1) is 7.07. The summed E-state index contributed by atoms with van der Waals surface area (Å²) >= 11 is 0. The van der Waals surface area contributed by atoms with E-state index in [1.807, 2.05) is 52.0 Å². The Hall–Kier alpha value is -1.18. The Morgan fingerprint density at radius 2 is 1.93 bits per heavy atom. The van der Waals surface area contributed by atoms with E-state index in [1.54, 1.807) is 0 Å². The second-order valence-electron chi connectivity index (χ2n) is 3.66. The molecule has 1 aromatic carbocycles. The average molecular weight is 200 g/mol. The van der Waals surface area contributed by atoms with Crippen LogP contribution >= 0.6 is 0 Å². The number of aryl methyl sites for hydroxylation is 1. The molecule has 2 rings (SSSR count). The second-order valence-corrected chi connectivity index (χ2v) is 3.66. The molecular weight excluding hydrogens is 183 g/mol. The number of hydrogen-bond donors (Lipinski definition) is 0. The predicted octanol–water partition coefficient (Wildman–Crippen LogP) is 3.31. The van der Waals surface area contributed by atoms with Gasteiger partial charge in [-0.15, -0.1) is 0 Å². The van der Waals surface area contributed by atoms with Crippen molar-refractivity contribution in [2.75, 3.05) is 0 Å². The third-order valence-corrected chi connectivity index (χ3v) is 2.09. The first kappa shape index (κ1) is 11.9. The zero-order valence-corrected chi connectivity index (χ0v) is 9.87. The van der Waals surface area contributed by atoms with Crippen LogP contribution in [-0.2, 0) is 0 Å². The minimum atomic E-state index is -0.666. The predicted molar refractivity (Wildman–Crippen MR) is 66.3 cm³/mol.